The summed E-state index contributed by atoms with van der Waals surface area (Å²) < 4.78 is 0. The van der Waals surface area contributed by atoms with Crippen molar-refractivity contribution in [3.63, 3.8) is 0 Å². The van der Waals surface area contributed by atoms with Crippen molar-refractivity contribution in [2.24, 2.45) is 4.99 Å². The van der Waals surface area contributed by atoms with Gasteiger partial charge in [-0.2, -0.15) is 5.26 Å². The maximum atomic E-state index is 9.71. The summed E-state index contributed by atoms with van der Waals surface area (Å²) >= 11 is 1.43. The first-order chi connectivity index (χ1) is 6.15. The minimum Gasteiger partial charge on any atom is -0.386 e. The van der Waals surface area contributed by atoms with Gasteiger partial charge < -0.3 is 10.0 Å². The Hall–Kier alpha value is -0.730. The Labute approximate surface area is 82.3 Å². The molecule has 1 rings (SSSR count). The third-order valence-electron chi connectivity index (χ3n) is 2.23. The van der Waals surface area contributed by atoms with E-state index in [1.807, 2.05) is 18.1 Å². The molecule has 0 aromatic rings. The molecular formula is C8H13N3OS. The first-order valence-electron chi connectivity index (χ1n) is 4.13. The van der Waals surface area contributed by atoms with Crippen molar-refractivity contribution in [3.05, 3.63) is 0 Å². The van der Waals surface area contributed by atoms with Crippen LogP contribution < -0.4 is 0 Å². The molecule has 1 fully saturated rings. The molecule has 0 saturated carbocycles. The van der Waals surface area contributed by atoms with Crippen LogP contribution in [0.4, 0.5) is 0 Å². The quantitative estimate of drug-likeness (QED) is 0.382. The average molecular weight is 199 g/mol. The number of rotatable bonds is 1. The zero-order valence-electron chi connectivity index (χ0n) is 7.82. The molecular weight excluding hydrogens is 186 g/mol. The summed E-state index contributed by atoms with van der Waals surface area (Å²) in [6, 6.07) is 0. The van der Waals surface area contributed by atoms with E-state index in [9.17, 15) is 5.11 Å². The molecule has 5 heteroatoms. The van der Waals surface area contributed by atoms with E-state index in [0.717, 1.165) is 6.42 Å². The third-order valence-corrected chi connectivity index (χ3v) is 2.94. The van der Waals surface area contributed by atoms with Gasteiger partial charge in [0, 0.05) is 0 Å². The second-order valence-electron chi connectivity index (χ2n) is 3.13. The number of amidine groups is 1. The molecule has 1 aliphatic rings. The van der Waals surface area contributed by atoms with Gasteiger partial charge in [-0.05, 0) is 12.7 Å². The van der Waals surface area contributed by atoms with Gasteiger partial charge in [-0.3, -0.25) is 0 Å². The number of hydrogen-bond acceptors (Lipinski definition) is 4. The van der Waals surface area contributed by atoms with E-state index >= 15 is 0 Å². The molecule has 0 aliphatic carbocycles. The van der Waals surface area contributed by atoms with Crippen molar-refractivity contribution in [3.8, 4) is 6.19 Å². The van der Waals surface area contributed by atoms with Gasteiger partial charge in [-0.1, -0.05) is 18.7 Å². The normalized spacial score (nSPS) is 20.8. The largest absolute Gasteiger partial charge is 0.386 e. The monoisotopic (exact) mass is 199 g/mol. The van der Waals surface area contributed by atoms with Crippen molar-refractivity contribution in [2.75, 3.05) is 19.3 Å². The second kappa shape index (κ2) is 3.99. The lowest BCUT2D eigenvalue weighted by molar-refractivity contribution is -0.0665. The molecule has 0 amide bonds. The number of thioether (sulfide) groups is 1. The van der Waals surface area contributed by atoms with Crippen LogP contribution in [0.3, 0.4) is 0 Å². The van der Waals surface area contributed by atoms with Gasteiger partial charge in [-0.15, -0.1) is 4.99 Å². The van der Waals surface area contributed by atoms with Gasteiger partial charge in [0.15, 0.2) is 5.17 Å². The molecule has 0 aromatic carbocycles. The number of nitrogens with zero attached hydrogens (tertiary/aromatic N) is 3. The van der Waals surface area contributed by atoms with Crippen LogP contribution in [0.15, 0.2) is 4.99 Å². The Kier molecular flexibility index (Phi) is 3.17. The molecule has 4 nitrogen and oxygen atoms in total. The number of hydrogen-bond donors (Lipinski definition) is 1. The first-order valence-corrected chi connectivity index (χ1v) is 5.36. The SMILES string of the molecule is CCC1(O)CN(C(=NC#N)SC)C1. The number of nitriles is 1. The topological polar surface area (TPSA) is 59.6 Å². The molecule has 1 heterocycles. The fourth-order valence-electron chi connectivity index (χ4n) is 1.31. The van der Waals surface area contributed by atoms with Crippen molar-refractivity contribution in [1.29, 1.82) is 5.26 Å². The van der Waals surface area contributed by atoms with Gasteiger partial charge in [0.2, 0.25) is 6.19 Å². The molecule has 0 spiro atoms. The maximum Gasteiger partial charge on any atom is 0.208 e. The smallest absolute Gasteiger partial charge is 0.208 e. The summed E-state index contributed by atoms with van der Waals surface area (Å²) in [7, 11) is 0. The summed E-state index contributed by atoms with van der Waals surface area (Å²) in [6.07, 6.45) is 4.38. The highest BCUT2D eigenvalue weighted by atomic mass is 32.2. The number of β-amino-alcohol motifs (C(OH)–C–C–N with tert-alkyl or cyclic N) is 1. The average Bonchev–Trinajstić information content (AvgIpc) is 2.09. The molecule has 72 valence electrons. The Morgan fingerprint density at radius 2 is 2.38 bits per heavy atom. The van der Waals surface area contributed by atoms with Crippen LogP contribution in [-0.2, 0) is 0 Å². The summed E-state index contributed by atoms with van der Waals surface area (Å²) in [5, 5.41) is 18.8. The highest BCUT2D eigenvalue weighted by Crippen LogP contribution is 2.26. The predicted octanol–water partition coefficient (Wildman–Crippen LogP) is 0.643. The highest BCUT2D eigenvalue weighted by Gasteiger charge is 2.40. The third kappa shape index (κ3) is 2.14. The van der Waals surface area contributed by atoms with Gasteiger partial charge >= 0.3 is 0 Å². The molecule has 0 bridgehead atoms. The van der Waals surface area contributed by atoms with Crippen LogP contribution in [0.25, 0.3) is 0 Å². The van der Waals surface area contributed by atoms with Gasteiger partial charge in [0.05, 0.1) is 18.7 Å². The van der Waals surface area contributed by atoms with Crippen LogP contribution in [0.1, 0.15) is 13.3 Å². The number of aliphatic hydroxyl groups is 1. The standard InChI is InChI=1S/C8H13N3OS/c1-3-8(12)4-11(5-8)7(13-2)10-6-9/h12H,3-5H2,1-2H3. The molecule has 0 aromatic heterocycles. The lowest BCUT2D eigenvalue weighted by atomic mass is 9.92. The van der Waals surface area contributed by atoms with E-state index in [1.165, 1.54) is 11.8 Å². The van der Waals surface area contributed by atoms with Crippen molar-refractivity contribution >= 4 is 16.9 Å². The van der Waals surface area contributed by atoms with Crippen molar-refractivity contribution in [2.45, 2.75) is 18.9 Å². The Morgan fingerprint density at radius 1 is 1.77 bits per heavy atom. The number of aliphatic imine (C=N–C) groups is 1. The Morgan fingerprint density at radius 3 is 2.77 bits per heavy atom. The van der Waals surface area contributed by atoms with Gasteiger partial charge in [0.1, 0.15) is 0 Å². The van der Waals surface area contributed by atoms with Crippen LogP contribution in [-0.4, -0.2) is 40.1 Å². The minimum atomic E-state index is -0.564. The molecule has 0 radical (unpaired) electrons. The number of likely N-dealkylation sites (tertiary alicyclic amines) is 1. The maximum absolute atomic E-state index is 9.71. The Balaban J connectivity index is 2.51. The van der Waals surface area contributed by atoms with Crippen LogP contribution in [0.2, 0.25) is 0 Å². The fourth-order valence-corrected chi connectivity index (χ4v) is 1.83. The van der Waals surface area contributed by atoms with Crippen LogP contribution >= 0.6 is 11.8 Å². The molecule has 13 heavy (non-hydrogen) atoms. The van der Waals surface area contributed by atoms with Gasteiger partial charge in [0.25, 0.3) is 0 Å². The summed E-state index contributed by atoms with van der Waals surface area (Å²) in [5.74, 6) is 0. The zero-order chi connectivity index (χ0) is 9.90. The fraction of sp³-hybridized carbons (Fsp3) is 0.750. The van der Waals surface area contributed by atoms with E-state index in [-0.39, 0.29) is 0 Å². The summed E-state index contributed by atoms with van der Waals surface area (Å²) in [4.78, 5) is 5.58. The molecule has 1 aliphatic heterocycles. The molecule has 0 atom stereocenters. The Bertz CT molecular complexity index is 253. The van der Waals surface area contributed by atoms with Crippen molar-refractivity contribution < 1.29 is 5.11 Å². The van der Waals surface area contributed by atoms with E-state index < -0.39 is 5.60 Å². The van der Waals surface area contributed by atoms with E-state index in [2.05, 4.69) is 4.99 Å². The van der Waals surface area contributed by atoms with Gasteiger partial charge in [-0.25, -0.2) is 0 Å². The predicted molar refractivity (Wildman–Crippen MR) is 53.4 cm³/mol. The molecule has 0 unspecified atom stereocenters. The summed E-state index contributed by atoms with van der Waals surface area (Å²) in [5.41, 5.74) is -0.564. The highest BCUT2D eigenvalue weighted by molar-refractivity contribution is 8.13. The lowest BCUT2D eigenvalue weighted by Crippen LogP contribution is -2.62. The van der Waals surface area contributed by atoms with Crippen LogP contribution in [0, 0.1) is 11.5 Å². The minimum absolute atomic E-state index is 0.564. The summed E-state index contributed by atoms with van der Waals surface area (Å²) in [6.45, 7) is 3.13. The van der Waals surface area contributed by atoms with E-state index in [0.29, 0.717) is 18.3 Å². The van der Waals surface area contributed by atoms with Crippen LogP contribution in [0.5, 0.6) is 0 Å². The zero-order valence-corrected chi connectivity index (χ0v) is 8.63. The lowest BCUT2D eigenvalue weighted by Gasteiger charge is -2.46. The first kappa shape index (κ1) is 10.4. The molecule has 1 saturated heterocycles. The van der Waals surface area contributed by atoms with Crippen molar-refractivity contribution in [1.82, 2.24) is 4.90 Å². The second-order valence-corrected chi connectivity index (χ2v) is 3.91. The molecule has 1 N–H and O–H groups in total. The van der Waals surface area contributed by atoms with E-state index in [1.54, 1.807) is 6.19 Å². The van der Waals surface area contributed by atoms with E-state index in [4.69, 9.17) is 5.26 Å².